The first kappa shape index (κ1) is 27.1. The maximum Gasteiger partial charge on any atom is 0.319 e. The van der Waals surface area contributed by atoms with Crippen molar-refractivity contribution in [3.63, 3.8) is 0 Å². The van der Waals surface area contributed by atoms with Gasteiger partial charge >= 0.3 is 6.03 Å². The summed E-state index contributed by atoms with van der Waals surface area (Å²) in [6, 6.07) is 16.3. The molecule has 194 valence electrons. The molecule has 0 saturated carbocycles. The Morgan fingerprint density at radius 1 is 0.917 bits per heavy atom. The predicted molar refractivity (Wildman–Crippen MR) is 145 cm³/mol. The number of aromatic amines is 1. The Bertz CT molecular complexity index is 1120. The quantitative estimate of drug-likeness (QED) is 0.389. The van der Waals surface area contributed by atoms with Gasteiger partial charge in [-0.2, -0.15) is 0 Å². The van der Waals surface area contributed by atoms with E-state index >= 15 is 0 Å². The highest BCUT2D eigenvalue weighted by Crippen LogP contribution is 2.19. The first-order valence-electron chi connectivity index (χ1n) is 12.3. The number of aromatic nitrogens is 1. The number of para-hydroxylation sites is 1. The molecule has 0 fully saturated rings. The Morgan fingerprint density at radius 2 is 1.64 bits per heavy atom. The van der Waals surface area contributed by atoms with Gasteiger partial charge in [0, 0.05) is 84.3 Å². The van der Waals surface area contributed by atoms with E-state index in [1.807, 2.05) is 37.3 Å². The Morgan fingerprint density at radius 3 is 2.31 bits per heavy atom. The molecule has 3 rings (SSSR count). The molecule has 0 atom stereocenters. The molecule has 0 unspecified atom stereocenters. The van der Waals surface area contributed by atoms with Crippen molar-refractivity contribution >= 4 is 28.5 Å². The fraction of sp³-hybridized carbons (Fsp3) is 0.429. The molecule has 8 nitrogen and oxygen atoms in total. The number of anilines is 1. The molecule has 0 saturated heterocycles. The van der Waals surface area contributed by atoms with Crippen molar-refractivity contribution in [2.75, 3.05) is 66.4 Å². The fourth-order valence-electron chi connectivity index (χ4n) is 4.19. The van der Waals surface area contributed by atoms with E-state index in [1.54, 1.807) is 26.1 Å². The number of ether oxygens (including phenoxy) is 1. The zero-order chi connectivity index (χ0) is 26.1. The molecule has 0 radical (unpaired) electrons. The number of nitrogens with one attached hydrogen (secondary N) is 1. The summed E-state index contributed by atoms with van der Waals surface area (Å²) in [7, 11) is 9.06. The number of carbonyl (C=O) groups excluding carboxylic acids is 2. The number of urea groups is 1. The average Bonchev–Trinajstić information content (AvgIpc) is 3.28. The second kappa shape index (κ2) is 13.0. The summed E-state index contributed by atoms with van der Waals surface area (Å²) in [5, 5.41) is 1.17. The molecule has 0 bridgehead atoms. The van der Waals surface area contributed by atoms with Gasteiger partial charge < -0.3 is 29.3 Å². The lowest BCUT2D eigenvalue weighted by atomic mass is 10.1. The zero-order valence-corrected chi connectivity index (χ0v) is 22.2. The molecular formula is C28H39N5O3. The van der Waals surface area contributed by atoms with Crippen molar-refractivity contribution in [2.45, 2.75) is 19.4 Å². The molecule has 0 aliphatic carbocycles. The number of hydrogen-bond donors (Lipinski definition) is 1. The fourth-order valence-corrected chi connectivity index (χ4v) is 4.19. The van der Waals surface area contributed by atoms with E-state index in [0.29, 0.717) is 32.7 Å². The van der Waals surface area contributed by atoms with Crippen LogP contribution in [0.1, 0.15) is 17.5 Å². The first-order chi connectivity index (χ1) is 17.3. The third-order valence-electron chi connectivity index (χ3n) is 6.26. The summed E-state index contributed by atoms with van der Waals surface area (Å²) in [5.74, 6) is -0.0702. The van der Waals surface area contributed by atoms with Crippen LogP contribution in [0, 0.1) is 0 Å². The molecule has 0 spiro atoms. The smallest absolute Gasteiger partial charge is 0.319 e. The number of benzene rings is 2. The summed E-state index contributed by atoms with van der Waals surface area (Å²) in [6.07, 6.45) is 3.41. The first-order valence-corrected chi connectivity index (χ1v) is 12.3. The van der Waals surface area contributed by atoms with Crippen molar-refractivity contribution in [3.8, 4) is 0 Å². The number of nitrogens with zero attached hydrogens (tertiary/aromatic N) is 4. The molecule has 3 aromatic rings. The molecule has 2 aromatic carbocycles. The molecule has 1 heterocycles. The van der Waals surface area contributed by atoms with E-state index in [9.17, 15) is 9.59 Å². The summed E-state index contributed by atoms with van der Waals surface area (Å²) in [4.78, 5) is 36.7. The molecule has 0 aliphatic rings. The third kappa shape index (κ3) is 7.24. The van der Waals surface area contributed by atoms with Crippen molar-refractivity contribution in [3.05, 3.63) is 65.9 Å². The Balaban J connectivity index is 1.78. The van der Waals surface area contributed by atoms with E-state index in [0.717, 1.165) is 23.2 Å². The van der Waals surface area contributed by atoms with Gasteiger partial charge in [-0.1, -0.05) is 30.3 Å². The van der Waals surface area contributed by atoms with E-state index < -0.39 is 0 Å². The van der Waals surface area contributed by atoms with Gasteiger partial charge in [-0.05, 0) is 42.2 Å². The van der Waals surface area contributed by atoms with Gasteiger partial charge in [0.25, 0.3) is 0 Å². The van der Waals surface area contributed by atoms with Crippen LogP contribution in [0.25, 0.3) is 10.9 Å². The Hall–Kier alpha value is -3.52. The summed E-state index contributed by atoms with van der Waals surface area (Å²) >= 11 is 0. The highest BCUT2D eigenvalue weighted by molar-refractivity contribution is 5.85. The molecule has 1 aromatic heterocycles. The van der Waals surface area contributed by atoms with Gasteiger partial charge in [0.1, 0.15) is 6.54 Å². The van der Waals surface area contributed by atoms with Crippen LogP contribution in [0.2, 0.25) is 0 Å². The molecular weight excluding hydrogens is 454 g/mol. The topological polar surface area (TPSA) is 72.1 Å². The number of rotatable bonds is 12. The standard InChI is InChI=1S/C28H39N5O3/c1-30(2)24-13-11-22(12-14-24)20-32(17-15-23-19-29-26-10-7-6-9-25(23)26)27(34)21-33(16-8-18-36-5)28(35)31(3)4/h6-7,9-14,19,29H,8,15-18,20-21H2,1-5H3. The van der Waals surface area contributed by atoms with Gasteiger partial charge in [0.15, 0.2) is 0 Å². The van der Waals surface area contributed by atoms with Gasteiger partial charge in [-0.15, -0.1) is 0 Å². The van der Waals surface area contributed by atoms with E-state index in [-0.39, 0.29) is 18.5 Å². The maximum absolute atomic E-state index is 13.6. The van der Waals surface area contributed by atoms with Crippen molar-refractivity contribution in [1.82, 2.24) is 19.7 Å². The van der Waals surface area contributed by atoms with Crippen LogP contribution in [0.3, 0.4) is 0 Å². The number of amides is 3. The van der Waals surface area contributed by atoms with Gasteiger partial charge in [0.2, 0.25) is 5.91 Å². The Kier molecular flexibility index (Phi) is 9.76. The zero-order valence-electron chi connectivity index (χ0n) is 22.2. The third-order valence-corrected chi connectivity index (χ3v) is 6.26. The summed E-state index contributed by atoms with van der Waals surface area (Å²) < 4.78 is 5.15. The lowest BCUT2D eigenvalue weighted by Crippen LogP contribution is -2.47. The van der Waals surface area contributed by atoms with Crippen molar-refractivity contribution in [2.24, 2.45) is 0 Å². The minimum atomic E-state index is -0.175. The van der Waals surface area contributed by atoms with Crippen LogP contribution in [-0.2, 0) is 22.5 Å². The summed E-state index contributed by atoms with van der Waals surface area (Å²) in [6.45, 7) is 2.07. The van der Waals surface area contributed by atoms with E-state index in [2.05, 4.69) is 46.3 Å². The minimum Gasteiger partial charge on any atom is -0.385 e. The normalized spacial score (nSPS) is 10.9. The number of hydrogen-bond acceptors (Lipinski definition) is 4. The van der Waals surface area contributed by atoms with Crippen LogP contribution in [0.15, 0.2) is 54.7 Å². The van der Waals surface area contributed by atoms with Crippen LogP contribution < -0.4 is 4.90 Å². The molecule has 36 heavy (non-hydrogen) atoms. The van der Waals surface area contributed by atoms with Crippen LogP contribution >= 0.6 is 0 Å². The molecule has 3 amide bonds. The van der Waals surface area contributed by atoms with Gasteiger partial charge in [-0.3, -0.25) is 4.79 Å². The van der Waals surface area contributed by atoms with E-state index in [1.165, 1.54) is 15.8 Å². The van der Waals surface area contributed by atoms with Crippen LogP contribution in [0.4, 0.5) is 10.5 Å². The second-order valence-corrected chi connectivity index (χ2v) is 9.43. The minimum absolute atomic E-state index is 0.0321. The molecule has 1 N–H and O–H groups in total. The monoisotopic (exact) mass is 493 g/mol. The lowest BCUT2D eigenvalue weighted by Gasteiger charge is -2.29. The SMILES string of the molecule is COCCCN(CC(=O)N(CCc1c[nH]c2ccccc12)Cc1ccc(N(C)C)cc1)C(=O)N(C)C. The predicted octanol–water partition coefficient (Wildman–Crippen LogP) is 3.83. The van der Waals surface area contributed by atoms with Gasteiger partial charge in [0.05, 0.1) is 0 Å². The molecule has 8 heteroatoms. The largest absolute Gasteiger partial charge is 0.385 e. The number of carbonyl (C=O) groups is 2. The van der Waals surface area contributed by atoms with Gasteiger partial charge in [-0.25, -0.2) is 4.79 Å². The lowest BCUT2D eigenvalue weighted by molar-refractivity contribution is -0.132. The van der Waals surface area contributed by atoms with Crippen molar-refractivity contribution in [1.29, 1.82) is 0 Å². The van der Waals surface area contributed by atoms with Crippen molar-refractivity contribution < 1.29 is 14.3 Å². The second-order valence-electron chi connectivity index (χ2n) is 9.43. The number of fused-ring (bicyclic) bond motifs is 1. The Labute approximate surface area is 214 Å². The highest BCUT2D eigenvalue weighted by atomic mass is 16.5. The molecule has 0 aliphatic heterocycles. The number of methoxy groups -OCH3 is 1. The average molecular weight is 494 g/mol. The number of H-pyrrole nitrogens is 1. The van der Waals surface area contributed by atoms with E-state index in [4.69, 9.17) is 4.74 Å². The highest BCUT2D eigenvalue weighted by Gasteiger charge is 2.23. The van der Waals surface area contributed by atoms with Crippen LogP contribution in [-0.4, -0.2) is 93.2 Å². The van der Waals surface area contributed by atoms with Crippen LogP contribution in [0.5, 0.6) is 0 Å². The summed E-state index contributed by atoms with van der Waals surface area (Å²) in [5.41, 5.74) is 4.42. The maximum atomic E-state index is 13.6.